The highest BCUT2D eigenvalue weighted by Crippen LogP contribution is 2.21. The van der Waals surface area contributed by atoms with Crippen molar-refractivity contribution >= 4 is 29.1 Å². The highest BCUT2D eigenvalue weighted by atomic mass is 16.3. The van der Waals surface area contributed by atoms with Crippen molar-refractivity contribution < 1.29 is 19.5 Å². The first-order chi connectivity index (χ1) is 13.5. The molecule has 1 aliphatic rings. The molecule has 1 heterocycles. The number of β-amino-alcohol motifs (C(OH)–C–C–N with tert-alkyl or cyclic N) is 1. The summed E-state index contributed by atoms with van der Waals surface area (Å²) in [5.41, 5.74) is 1.89. The number of hydrogen-bond acceptors (Lipinski definition) is 5. The summed E-state index contributed by atoms with van der Waals surface area (Å²) in [5, 5.41) is 11.9. The molecule has 3 rings (SSSR count). The first-order valence-corrected chi connectivity index (χ1v) is 8.97. The maximum Gasteiger partial charge on any atom is 0.277 e. The molecule has 2 N–H and O–H groups in total. The highest BCUT2D eigenvalue weighted by Gasteiger charge is 2.30. The van der Waals surface area contributed by atoms with E-state index in [1.54, 1.807) is 29.2 Å². The van der Waals surface area contributed by atoms with E-state index in [-0.39, 0.29) is 24.8 Å². The summed E-state index contributed by atoms with van der Waals surface area (Å²) in [6.45, 7) is 2.06. The Bertz CT molecular complexity index is 924. The SMILES string of the molecule is CCN(C(=O)c1cccc(NC2=CC(=O)N(CCO)C2=O)c1)c1ccccc1. The maximum atomic E-state index is 12.9. The van der Waals surface area contributed by atoms with Crippen molar-refractivity contribution in [3.8, 4) is 0 Å². The summed E-state index contributed by atoms with van der Waals surface area (Å²) in [7, 11) is 0. The van der Waals surface area contributed by atoms with Gasteiger partial charge in [0.15, 0.2) is 0 Å². The van der Waals surface area contributed by atoms with Gasteiger partial charge in [0.05, 0.1) is 13.2 Å². The van der Waals surface area contributed by atoms with E-state index < -0.39 is 11.8 Å². The Labute approximate surface area is 162 Å². The summed E-state index contributed by atoms with van der Waals surface area (Å²) in [5.74, 6) is -1.15. The predicted octanol–water partition coefficient (Wildman–Crippen LogP) is 2.01. The fourth-order valence-corrected chi connectivity index (χ4v) is 3.00. The zero-order chi connectivity index (χ0) is 20.1. The van der Waals surface area contributed by atoms with Crippen molar-refractivity contribution in [1.29, 1.82) is 0 Å². The zero-order valence-electron chi connectivity index (χ0n) is 15.5. The lowest BCUT2D eigenvalue weighted by molar-refractivity contribution is -0.137. The molecule has 28 heavy (non-hydrogen) atoms. The zero-order valence-corrected chi connectivity index (χ0v) is 15.5. The molecule has 0 atom stereocenters. The van der Waals surface area contributed by atoms with Gasteiger partial charge in [0.2, 0.25) is 0 Å². The molecule has 0 saturated heterocycles. The van der Waals surface area contributed by atoms with Crippen LogP contribution < -0.4 is 10.2 Å². The van der Waals surface area contributed by atoms with E-state index in [1.165, 1.54) is 6.08 Å². The van der Waals surface area contributed by atoms with Crippen LogP contribution in [0.2, 0.25) is 0 Å². The third-order valence-electron chi connectivity index (χ3n) is 4.35. The second kappa shape index (κ2) is 8.49. The fourth-order valence-electron chi connectivity index (χ4n) is 3.00. The quantitative estimate of drug-likeness (QED) is 0.719. The van der Waals surface area contributed by atoms with Crippen LogP contribution in [0.4, 0.5) is 11.4 Å². The van der Waals surface area contributed by atoms with Gasteiger partial charge in [-0.2, -0.15) is 0 Å². The second-order valence-corrected chi connectivity index (χ2v) is 6.17. The fraction of sp³-hybridized carbons (Fsp3) is 0.190. The number of hydrogen-bond donors (Lipinski definition) is 2. The third-order valence-corrected chi connectivity index (χ3v) is 4.35. The van der Waals surface area contributed by atoms with Crippen LogP contribution in [0.5, 0.6) is 0 Å². The Morgan fingerprint density at radius 3 is 2.54 bits per heavy atom. The maximum absolute atomic E-state index is 12.9. The molecule has 7 heteroatoms. The van der Waals surface area contributed by atoms with Crippen LogP contribution in [0.1, 0.15) is 17.3 Å². The van der Waals surface area contributed by atoms with Gasteiger partial charge in [-0.1, -0.05) is 24.3 Å². The molecule has 0 unspecified atom stereocenters. The van der Waals surface area contributed by atoms with Gasteiger partial charge in [-0.15, -0.1) is 0 Å². The molecule has 0 bridgehead atoms. The number of amides is 3. The summed E-state index contributed by atoms with van der Waals surface area (Å²) in [4.78, 5) is 39.7. The van der Waals surface area contributed by atoms with Crippen molar-refractivity contribution in [3.05, 3.63) is 71.9 Å². The molecule has 7 nitrogen and oxygen atoms in total. The van der Waals surface area contributed by atoms with Gasteiger partial charge in [-0.25, -0.2) is 0 Å². The minimum absolute atomic E-state index is 0.0552. The van der Waals surface area contributed by atoms with Crippen LogP contribution in [0.15, 0.2) is 66.4 Å². The smallest absolute Gasteiger partial charge is 0.277 e. The van der Waals surface area contributed by atoms with Crippen molar-refractivity contribution in [2.24, 2.45) is 0 Å². The topological polar surface area (TPSA) is 90.0 Å². The highest BCUT2D eigenvalue weighted by molar-refractivity contribution is 6.17. The minimum Gasteiger partial charge on any atom is -0.395 e. The number of imide groups is 1. The van der Waals surface area contributed by atoms with Crippen molar-refractivity contribution in [3.63, 3.8) is 0 Å². The van der Waals surface area contributed by atoms with E-state index in [9.17, 15) is 14.4 Å². The monoisotopic (exact) mass is 379 g/mol. The lowest BCUT2D eigenvalue weighted by Gasteiger charge is -2.21. The standard InChI is InChI=1S/C21H21N3O4/c1-2-23(17-9-4-3-5-10-17)20(27)15-7-6-8-16(13-15)22-18-14-19(26)24(11-12-25)21(18)28/h3-10,13-14,22,25H,2,11-12H2,1H3. The lowest BCUT2D eigenvalue weighted by Crippen LogP contribution is -2.34. The van der Waals surface area contributed by atoms with Crippen molar-refractivity contribution in [2.45, 2.75) is 6.92 Å². The Morgan fingerprint density at radius 2 is 1.86 bits per heavy atom. The van der Waals surface area contributed by atoms with E-state index in [1.807, 2.05) is 37.3 Å². The van der Waals surface area contributed by atoms with Gasteiger partial charge in [-0.3, -0.25) is 19.3 Å². The number of carbonyl (C=O) groups is 3. The number of nitrogens with zero attached hydrogens (tertiary/aromatic N) is 2. The summed E-state index contributed by atoms with van der Waals surface area (Å²) < 4.78 is 0. The van der Waals surface area contributed by atoms with Crippen molar-refractivity contribution in [2.75, 3.05) is 29.9 Å². The Hall–Kier alpha value is -3.45. The van der Waals surface area contributed by atoms with Crippen LogP contribution >= 0.6 is 0 Å². The second-order valence-electron chi connectivity index (χ2n) is 6.17. The van der Waals surface area contributed by atoms with E-state index in [0.717, 1.165) is 10.6 Å². The van der Waals surface area contributed by atoms with E-state index >= 15 is 0 Å². The molecule has 3 amide bonds. The third kappa shape index (κ3) is 3.94. The van der Waals surface area contributed by atoms with Gasteiger partial charge >= 0.3 is 0 Å². The number of nitrogens with one attached hydrogen (secondary N) is 1. The van der Waals surface area contributed by atoms with Crippen LogP contribution in [-0.4, -0.2) is 47.4 Å². The molecule has 0 saturated carbocycles. The normalized spacial score (nSPS) is 13.5. The van der Waals surface area contributed by atoms with Crippen LogP contribution in [0, 0.1) is 0 Å². The summed E-state index contributed by atoms with van der Waals surface area (Å²) in [6, 6.07) is 16.1. The first kappa shape index (κ1) is 19.3. The molecule has 0 spiro atoms. The molecule has 2 aromatic rings. The minimum atomic E-state index is -0.504. The number of benzene rings is 2. The van der Waals surface area contributed by atoms with E-state index in [0.29, 0.717) is 17.8 Å². The number of aliphatic hydroxyl groups is 1. The van der Waals surface area contributed by atoms with Crippen LogP contribution in [-0.2, 0) is 9.59 Å². The molecular weight excluding hydrogens is 358 g/mol. The molecular formula is C21H21N3O4. The number of anilines is 2. The van der Waals surface area contributed by atoms with Gasteiger partial charge in [0.25, 0.3) is 17.7 Å². The van der Waals surface area contributed by atoms with Gasteiger partial charge in [0, 0.05) is 29.6 Å². The molecule has 0 aliphatic carbocycles. The average molecular weight is 379 g/mol. The van der Waals surface area contributed by atoms with Gasteiger partial charge in [-0.05, 0) is 37.3 Å². The molecule has 0 aromatic heterocycles. The van der Waals surface area contributed by atoms with E-state index in [2.05, 4.69) is 5.32 Å². The number of rotatable bonds is 7. The summed E-state index contributed by atoms with van der Waals surface area (Å²) in [6.07, 6.45) is 1.19. The Balaban J connectivity index is 1.79. The van der Waals surface area contributed by atoms with Crippen LogP contribution in [0.3, 0.4) is 0 Å². The Morgan fingerprint density at radius 1 is 1.11 bits per heavy atom. The molecule has 144 valence electrons. The van der Waals surface area contributed by atoms with Gasteiger partial charge < -0.3 is 15.3 Å². The van der Waals surface area contributed by atoms with E-state index in [4.69, 9.17) is 5.11 Å². The Kier molecular flexibility index (Phi) is 5.86. The molecule has 2 aromatic carbocycles. The molecule has 0 fully saturated rings. The average Bonchev–Trinajstić information content (AvgIpc) is 2.97. The largest absolute Gasteiger partial charge is 0.395 e. The van der Waals surface area contributed by atoms with Crippen molar-refractivity contribution in [1.82, 2.24) is 4.90 Å². The van der Waals surface area contributed by atoms with Crippen LogP contribution in [0.25, 0.3) is 0 Å². The molecule has 0 radical (unpaired) electrons. The first-order valence-electron chi connectivity index (χ1n) is 8.97. The van der Waals surface area contributed by atoms with Gasteiger partial charge in [0.1, 0.15) is 5.70 Å². The number of para-hydroxylation sites is 1. The number of carbonyl (C=O) groups excluding carboxylic acids is 3. The molecule has 1 aliphatic heterocycles. The number of aliphatic hydroxyl groups excluding tert-OH is 1. The lowest BCUT2D eigenvalue weighted by atomic mass is 10.1. The summed E-state index contributed by atoms with van der Waals surface area (Å²) >= 11 is 0. The predicted molar refractivity (Wildman–Crippen MR) is 106 cm³/mol.